The van der Waals surface area contributed by atoms with E-state index in [0.29, 0.717) is 0 Å². The number of benzene rings is 6. The van der Waals surface area contributed by atoms with Crippen LogP contribution >= 0.6 is 8.20 Å². The van der Waals surface area contributed by atoms with Gasteiger partial charge in [0.1, 0.15) is 0 Å². The van der Waals surface area contributed by atoms with Gasteiger partial charge < -0.3 is 9.97 Å². The molecule has 1 aliphatic rings. The van der Waals surface area contributed by atoms with Crippen LogP contribution in [0.5, 0.6) is 0 Å². The van der Waals surface area contributed by atoms with Crippen molar-refractivity contribution >= 4 is 62.9 Å². The normalized spacial score (nSPS) is 14.9. The lowest BCUT2D eigenvalue weighted by Gasteiger charge is -2.17. The third kappa shape index (κ3) is 3.41. The Kier molecular flexibility index (Phi) is 4.90. The van der Waals surface area contributed by atoms with Crippen molar-refractivity contribution in [2.75, 3.05) is 0 Å². The van der Waals surface area contributed by atoms with E-state index in [1.54, 1.807) is 0 Å². The van der Waals surface area contributed by atoms with Crippen molar-refractivity contribution in [2.24, 2.45) is 0 Å². The Bertz CT molecular complexity index is 2320. The van der Waals surface area contributed by atoms with Gasteiger partial charge in [0, 0.05) is 49.4 Å². The highest BCUT2D eigenvalue weighted by Crippen LogP contribution is 2.42. The van der Waals surface area contributed by atoms with Crippen molar-refractivity contribution in [3.63, 3.8) is 0 Å². The molecule has 2 aromatic heterocycles. The molecule has 3 heterocycles. The summed E-state index contributed by atoms with van der Waals surface area (Å²) in [6, 6.07) is 46.4. The molecular formula is C38H25N2P. The zero-order valence-corrected chi connectivity index (χ0v) is 23.1. The Labute approximate surface area is 239 Å². The largest absolute Gasteiger partial charge is 0.354 e. The zero-order valence-electron chi connectivity index (χ0n) is 22.2. The number of rotatable bonds is 3. The van der Waals surface area contributed by atoms with Gasteiger partial charge in [-0.3, -0.25) is 0 Å². The molecule has 8 aromatic rings. The highest BCUT2D eigenvalue weighted by molar-refractivity contribution is 7.48. The molecule has 6 aromatic carbocycles. The smallest absolute Gasteiger partial charge is 0.0544 e. The molecule has 0 saturated heterocycles. The van der Waals surface area contributed by atoms with Crippen LogP contribution in [0.1, 0.15) is 17.0 Å². The van der Waals surface area contributed by atoms with E-state index in [9.17, 15) is 0 Å². The summed E-state index contributed by atoms with van der Waals surface area (Å²) in [5.74, 6) is 2.68. The number of aromatic nitrogens is 2. The summed E-state index contributed by atoms with van der Waals surface area (Å²) in [5, 5.41) is 6.51. The Balaban J connectivity index is 1.32. The topological polar surface area (TPSA) is 31.6 Å². The molecule has 2 nitrogen and oxygen atoms in total. The second-order valence-corrected chi connectivity index (χ2v) is 11.9. The molecular weight excluding hydrogens is 515 g/mol. The fraction of sp³-hybridized carbons (Fsp3) is 0.0263. The number of hydrogen-bond donors (Lipinski definition) is 2. The summed E-state index contributed by atoms with van der Waals surface area (Å²) >= 11 is 0. The second kappa shape index (κ2) is 8.80. The summed E-state index contributed by atoms with van der Waals surface area (Å²) in [7, 11) is 1.25. The number of H-pyrrole nitrogens is 2. The second-order valence-electron chi connectivity index (χ2n) is 10.9. The van der Waals surface area contributed by atoms with Crippen molar-refractivity contribution in [3.8, 4) is 22.3 Å². The van der Waals surface area contributed by atoms with Crippen LogP contribution < -0.4 is 5.30 Å². The Morgan fingerprint density at radius 1 is 0.463 bits per heavy atom. The molecule has 0 aliphatic carbocycles. The molecule has 0 saturated carbocycles. The fourth-order valence-corrected chi connectivity index (χ4v) is 8.07. The van der Waals surface area contributed by atoms with E-state index in [0.717, 1.165) is 0 Å². The standard InChI is InChI=1S/C38H25N2P/c1-2-10-23(11-3-1)24-20-31(29-16-8-14-27-25-12-4-6-18-34(25)39-36(27)29)38-32(21-24)33(22-41-38)30-17-9-15-28-26-13-5-7-19-35(26)40-37(28)30/h1-22,33,39-40H. The molecule has 0 radical (unpaired) electrons. The van der Waals surface area contributed by atoms with Gasteiger partial charge in [-0.05, 0) is 57.9 Å². The minimum atomic E-state index is 0.202. The minimum absolute atomic E-state index is 0.202. The van der Waals surface area contributed by atoms with Crippen molar-refractivity contribution in [1.82, 2.24) is 9.97 Å². The molecule has 192 valence electrons. The lowest BCUT2D eigenvalue weighted by molar-refractivity contribution is 1.15. The third-order valence-corrected chi connectivity index (χ3v) is 9.88. The summed E-state index contributed by atoms with van der Waals surface area (Å²) in [5.41, 5.74) is 12.6. The molecule has 1 atom stereocenters. The van der Waals surface area contributed by atoms with Crippen LogP contribution in [0.25, 0.3) is 65.9 Å². The zero-order chi connectivity index (χ0) is 26.9. The van der Waals surface area contributed by atoms with Gasteiger partial charge in [-0.2, -0.15) is 0 Å². The van der Waals surface area contributed by atoms with E-state index >= 15 is 0 Å². The first kappa shape index (κ1) is 22.9. The van der Waals surface area contributed by atoms with Gasteiger partial charge in [-0.25, -0.2) is 0 Å². The van der Waals surface area contributed by atoms with E-state index in [-0.39, 0.29) is 5.92 Å². The Hall–Kier alpha value is -4.91. The number of fused-ring (bicyclic) bond motifs is 7. The maximum atomic E-state index is 3.76. The van der Waals surface area contributed by atoms with Gasteiger partial charge in [0.25, 0.3) is 0 Å². The van der Waals surface area contributed by atoms with E-state index in [2.05, 4.69) is 143 Å². The van der Waals surface area contributed by atoms with Crippen molar-refractivity contribution in [3.05, 3.63) is 139 Å². The first-order chi connectivity index (χ1) is 20.3. The molecule has 3 heteroatoms. The van der Waals surface area contributed by atoms with E-state index in [4.69, 9.17) is 0 Å². The summed E-state index contributed by atoms with van der Waals surface area (Å²) in [4.78, 5) is 7.52. The number of para-hydroxylation sites is 4. The fourth-order valence-electron chi connectivity index (χ4n) is 6.77. The molecule has 41 heavy (non-hydrogen) atoms. The summed E-state index contributed by atoms with van der Waals surface area (Å²) in [6.07, 6.45) is 0. The van der Waals surface area contributed by atoms with Crippen LogP contribution in [-0.2, 0) is 0 Å². The minimum Gasteiger partial charge on any atom is -0.354 e. The quantitative estimate of drug-likeness (QED) is 0.209. The molecule has 0 spiro atoms. The lowest BCUT2D eigenvalue weighted by atomic mass is 9.86. The lowest BCUT2D eigenvalue weighted by Crippen LogP contribution is -2.09. The van der Waals surface area contributed by atoms with Crippen LogP contribution in [0.3, 0.4) is 0 Å². The predicted octanol–water partition coefficient (Wildman–Crippen LogP) is 9.81. The summed E-state index contributed by atoms with van der Waals surface area (Å²) < 4.78 is 0. The van der Waals surface area contributed by atoms with Crippen LogP contribution in [0.2, 0.25) is 0 Å². The van der Waals surface area contributed by atoms with E-state index in [1.165, 1.54) is 90.5 Å². The SMILES string of the molecule is C1=Pc2c(-c3cccc4c3[nH]c3ccccc34)cc(-c3ccccc3)cc2C1c1cccc2c1[nH]c1ccccc12. The summed E-state index contributed by atoms with van der Waals surface area (Å²) in [6.45, 7) is 0. The van der Waals surface area contributed by atoms with E-state index < -0.39 is 0 Å². The van der Waals surface area contributed by atoms with Gasteiger partial charge in [-0.1, -0.05) is 111 Å². The number of nitrogens with one attached hydrogen (secondary N) is 2. The van der Waals surface area contributed by atoms with Gasteiger partial charge in [0.15, 0.2) is 0 Å². The van der Waals surface area contributed by atoms with Crippen LogP contribution in [0.4, 0.5) is 0 Å². The average molecular weight is 541 g/mol. The Morgan fingerprint density at radius 2 is 1.10 bits per heavy atom. The highest BCUT2D eigenvalue weighted by atomic mass is 31.1. The van der Waals surface area contributed by atoms with Crippen LogP contribution in [0.15, 0.2) is 127 Å². The van der Waals surface area contributed by atoms with Crippen molar-refractivity contribution in [1.29, 1.82) is 0 Å². The van der Waals surface area contributed by atoms with Crippen molar-refractivity contribution < 1.29 is 0 Å². The number of hydrogen-bond acceptors (Lipinski definition) is 0. The predicted molar refractivity (Wildman–Crippen MR) is 177 cm³/mol. The van der Waals surface area contributed by atoms with Crippen LogP contribution in [0, 0.1) is 0 Å². The molecule has 9 rings (SSSR count). The molecule has 0 bridgehead atoms. The monoisotopic (exact) mass is 540 g/mol. The molecule has 0 fully saturated rings. The first-order valence-corrected chi connectivity index (χ1v) is 15.1. The highest BCUT2D eigenvalue weighted by Gasteiger charge is 2.27. The number of aromatic amines is 2. The molecule has 1 aliphatic heterocycles. The van der Waals surface area contributed by atoms with Crippen molar-refractivity contribution in [2.45, 2.75) is 5.92 Å². The molecule has 2 N–H and O–H groups in total. The maximum absolute atomic E-state index is 3.76. The van der Waals surface area contributed by atoms with Gasteiger partial charge in [-0.15, -0.1) is 0 Å². The third-order valence-electron chi connectivity index (χ3n) is 8.67. The average Bonchev–Trinajstić information content (AvgIpc) is 3.74. The molecule has 0 amide bonds. The first-order valence-electron chi connectivity index (χ1n) is 14.1. The van der Waals surface area contributed by atoms with Gasteiger partial charge in [0.2, 0.25) is 0 Å². The van der Waals surface area contributed by atoms with Crippen LogP contribution in [-0.4, -0.2) is 15.8 Å². The van der Waals surface area contributed by atoms with E-state index in [1.807, 2.05) is 0 Å². The van der Waals surface area contributed by atoms with Gasteiger partial charge >= 0.3 is 0 Å². The maximum Gasteiger partial charge on any atom is 0.0544 e. The Morgan fingerprint density at radius 3 is 1.88 bits per heavy atom. The molecule has 1 unspecified atom stereocenters. The van der Waals surface area contributed by atoms with Gasteiger partial charge in [0.05, 0.1) is 11.0 Å².